The van der Waals surface area contributed by atoms with Crippen molar-refractivity contribution in [2.75, 3.05) is 0 Å². The van der Waals surface area contributed by atoms with Gasteiger partial charge in [-0.2, -0.15) is 0 Å². The predicted molar refractivity (Wildman–Crippen MR) is 85.7 cm³/mol. The van der Waals surface area contributed by atoms with Crippen molar-refractivity contribution in [3.8, 4) is 0 Å². The van der Waals surface area contributed by atoms with Gasteiger partial charge in [0.25, 0.3) is 0 Å². The molecule has 110 valence electrons. The molecular formula is C20H24O. The molecule has 0 atom stereocenters. The molecule has 1 heteroatoms. The Kier molecular flexibility index (Phi) is 3.58. The molecular weight excluding hydrogens is 256 g/mol. The standard InChI is InChI=1S/C20H24O/c1-2-8-15(9-3-1)14-18-16-10-4-6-12-19(16)21-20-13-7-5-11-17(18)20/h1-3,8-9,18H,4-7,10-14H2. The fraction of sp³-hybridized carbons (Fsp3) is 0.500. The van der Waals surface area contributed by atoms with Crippen molar-refractivity contribution in [2.45, 2.75) is 57.8 Å². The summed E-state index contributed by atoms with van der Waals surface area (Å²) < 4.78 is 6.32. The minimum atomic E-state index is 0.631. The van der Waals surface area contributed by atoms with Gasteiger partial charge in [-0.05, 0) is 61.7 Å². The highest BCUT2D eigenvalue weighted by Gasteiger charge is 2.33. The molecule has 0 saturated carbocycles. The van der Waals surface area contributed by atoms with Gasteiger partial charge in [0.2, 0.25) is 0 Å². The van der Waals surface area contributed by atoms with Crippen molar-refractivity contribution in [3.63, 3.8) is 0 Å². The van der Waals surface area contributed by atoms with Crippen molar-refractivity contribution in [1.82, 2.24) is 0 Å². The summed E-state index contributed by atoms with van der Waals surface area (Å²) in [6, 6.07) is 11.0. The van der Waals surface area contributed by atoms with Crippen molar-refractivity contribution in [2.24, 2.45) is 5.92 Å². The van der Waals surface area contributed by atoms with Crippen LogP contribution in [0.25, 0.3) is 0 Å². The summed E-state index contributed by atoms with van der Waals surface area (Å²) in [6.45, 7) is 0. The third-order valence-electron chi connectivity index (χ3n) is 5.29. The average Bonchev–Trinajstić information content (AvgIpc) is 2.55. The molecule has 1 aliphatic heterocycles. The fourth-order valence-corrected chi connectivity index (χ4v) is 4.23. The quantitative estimate of drug-likeness (QED) is 0.692. The van der Waals surface area contributed by atoms with Crippen LogP contribution in [0.5, 0.6) is 0 Å². The maximum Gasteiger partial charge on any atom is 0.103 e. The SMILES string of the molecule is c1ccc(CC2C3=C(CCCC3)OC3=C2CCCC3)cc1. The first-order valence-corrected chi connectivity index (χ1v) is 8.57. The Labute approximate surface area is 127 Å². The molecule has 1 aromatic carbocycles. The van der Waals surface area contributed by atoms with Gasteiger partial charge in [-0.1, -0.05) is 30.3 Å². The predicted octanol–water partition coefficient (Wildman–Crippen LogP) is 5.53. The molecule has 0 unspecified atom stereocenters. The van der Waals surface area contributed by atoms with Crippen LogP contribution in [0, 0.1) is 5.92 Å². The second-order valence-electron chi connectivity index (χ2n) is 6.66. The van der Waals surface area contributed by atoms with Crippen molar-refractivity contribution in [1.29, 1.82) is 0 Å². The highest BCUT2D eigenvalue weighted by molar-refractivity contribution is 5.35. The van der Waals surface area contributed by atoms with E-state index in [2.05, 4.69) is 30.3 Å². The summed E-state index contributed by atoms with van der Waals surface area (Å²) in [6.07, 6.45) is 11.3. The third-order valence-corrected chi connectivity index (χ3v) is 5.29. The molecule has 0 saturated heterocycles. The van der Waals surface area contributed by atoms with E-state index in [0.717, 1.165) is 12.8 Å². The van der Waals surface area contributed by atoms with E-state index in [-0.39, 0.29) is 0 Å². The summed E-state index contributed by atoms with van der Waals surface area (Å²) in [5, 5.41) is 0. The first-order chi connectivity index (χ1) is 10.4. The van der Waals surface area contributed by atoms with E-state index in [4.69, 9.17) is 4.74 Å². The Morgan fingerprint density at radius 1 is 0.762 bits per heavy atom. The van der Waals surface area contributed by atoms with Gasteiger partial charge in [-0.25, -0.2) is 0 Å². The summed E-state index contributed by atoms with van der Waals surface area (Å²) in [4.78, 5) is 0. The zero-order valence-electron chi connectivity index (χ0n) is 12.7. The lowest BCUT2D eigenvalue weighted by Gasteiger charge is -2.37. The summed E-state index contributed by atoms with van der Waals surface area (Å²) >= 11 is 0. The minimum absolute atomic E-state index is 0.631. The Morgan fingerprint density at radius 2 is 1.33 bits per heavy atom. The first-order valence-electron chi connectivity index (χ1n) is 8.57. The number of hydrogen-bond acceptors (Lipinski definition) is 1. The molecule has 1 heterocycles. The van der Waals surface area contributed by atoms with Gasteiger partial charge in [0.05, 0.1) is 0 Å². The Morgan fingerprint density at radius 3 is 1.95 bits per heavy atom. The van der Waals surface area contributed by atoms with E-state index >= 15 is 0 Å². The lowest BCUT2D eigenvalue weighted by Crippen LogP contribution is -2.24. The highest BCUT2D eigenvalue weighted by atomic mass is 16.5. The molecule has 0 amide bonds. The molecule has 0 N–H and O–H groups in total. The molecule has 0 fully saturated rings. The molecule has 3 aliphatic rings. The van der Waals surface area contributed by atoms with Crippen LogP contribution < -0.4 is 0 Å². The minimum Gasteiger partial charge on any atom is -0.466 e. The van der Waals surface area contributed by atoms with Crippen LogP contribution in [0.2, 0.25) is 0 Å². The maximum absolute atomic E-state index is 6.32. The number of hydrogen-bond donors (Lipinski definition) is 0. The molecule has 2 aliphatic carbocycles. The largest absolute Gasteiger partial charge is 0.466 e. The van der Waals surface area contributed by atoms with E-state index < -0.39 is 0 Å². The second kappa shape index (κ2) is 5.71. The normalized spacial score (nSPS) is 22.7. The number of allylic oxidation sites excluding steroid dienone is 4. The number of rotatable bonds is 2. The van der Waals surface area contributed by atoms with E-state index in [1.54, 1.807) is 11.1 Å². The lowest BCUT2D eigenvalue weighted by atomic mass is 9.75. The van der Waals surface area contributed by atoms with Gasteiger partial charge in [0.15, 0.2) is 0 Å². The van der Waals surface area contributed by atoms with Crippen LogP contribution in [0.4, 0.5) is 0 Å². The van der Waals surface area contributed by atoms with Crippen LogP contribution in [0.3, 0.4) is 0 Å². The van der Waals surface area contributed by atoms with E-state index in [1.807, 2.05) is 0 Å². The van der Waals surface area contributed by atoms with Crippen LogP contribution >= 0.6 is 0 Å². The highest BCUT2D eigenvalue weighted by Crippen LogP contribution is 2.46. The van der Waals surface area contributed by atoms with Crippen LogP contribution in [0.1, 0.15) is 56.9 Å². The van der Waals surface area contributed by atoms with Gasteiger partial charge in [0.1, 0.15) is 11.5 Å². The van der Waals surface area contributed by atoms with Gasteiger partial charge in [0, 0.05) is 18.8 Å². The molecule has 0 spiro atoms. The molecule has 1 aromatic rings. The van der Waals surface area contributed by atoms with Gasteiger partial charge in [-0.15, -0.1) is 0 Å². The summed E-state index contributed by atoms with van der Waals surface area (Å²) in [5.41, 5.74) is 4.73. The molecule has 21 heavy (non-hydrogen) atoms. The summed E-state index contributed by atoms with van der Waals surface area (Å²) in [7, 11) is 0. The van der Waals surface area contributed by atoms with Gasteiger partial charge < -0.3 is 4.74 Å². The Hall–Kier alpha value is -1.50. The topological polar surface area (TPSA) is 9.23 Å². The monoisotopic (exact) mass is 280 g/mol. The zero-order chi connectivity index (χ0) is 14.1. The Bertz CT molecular complexity index is 547. The van der Waals surface area contributed by atoms with Crippen LogP contribution in [-0.2, 0) is 11.2 Å². The zero-order valence-corrected chi connectivity index (χ0v) is 12.7. The van der Waals surface area contributed by atoms with E-state index in [9.17, 15) is 0 Å². The second-order valence-corrected chi connectivity index (χ2v) is 6.66. The lowest BCUT2D eigenvalue weighted by molar-refractivity contribution is 0.219. The van der Waals surface area contributed by atoms with Gasteiger partial charge in [-0.3, -0.25) is 0 Å². The molecule has 1 nitrogen and oxygen atoms in total. The first kappa shape index (κ1) is 13.2. The molecule has 0 aromatic heterocycles. The van der Waals surface area contributed by atoms with E-state index in [1.165, 1.54) is 62.0 Å². The smallest absolute Gasteiger partial charge is 0.103 e. The van der Waals surface area contributed by atoms with Crippen LogP contribution in [0.15, 0.2) is 53.0 Å². The summed E-state index contributed by atoms with van der Waals surface area (Å²) in [5.74, 6) is 3.30. The van der Waals surface area contributed by atoms with Crippen molar-refractivity contribution < 1.29 is 4.74 Å². The number of ether oxygens (including phenoxy) is 1. The molecule has 4 rings (SSSR count). The molecule has 0 bridgehead atoms. The van der Waals surface area contributed by atoms with E-state index in [0.29, 0.717) is 5.92 Å². The average molecular weight is 280 g/mol. The molecule has 0 radical (unpaired) electrons. The third kappa shape index (κ3) is 2.54. The van der Waals surface area contributed by atoms with Crippen LogP contribution in [-0.4, -0.2) is 0 Å². The van der Waals surface area contributed by atoms with Crippen molar-refractivity contribution in [3.05, 3.63) is 58.6 Å². The van der Waals surface area contributed by atoms with Crippen molar-refractivity contribution >= 4 is 0 Å². The fourth-order valence-electron chi connectivity index (χ4n) is 4.23. The maximum atomic E-state index is 6.32. The number of benzene rings is 1. The van der Waals surface area contributed by atoms with Gasteiger partial charge >= 0.3 is 0 Å². The Balaban J connectivity index is 1.69.